The number of nitrogens with zero attached hydrogens (tertiary/aromatic N) is 5. The summed E-state index contributed by atoms with van der Waals surface area (Å²) in [6.45, 7) is 4.51. The third kappa shape index (κ3) is 4.62. The van der Waals surface area contributed by atoms with Crippen LogP contribution in [-0.4, -0.2) is 51.5 Å². The van der Waals surface area contributed by atoms with Crippen LogP contribution in [0.2, 0.25) is 0 Å². The van der Waals surface area contributed by atoms with Crippen LogP contribution in [0.15, 0.2) is 73.2 Å². The average Bonchev–Trinajstić information content (AvgIpc) is 3.47. The molecule has 0 aliphatic carbocycles. The monoisotopic (exact) mass is 549 g/mol. The van der Waals surface area contributed by atoms with E-state index >= 15 is 4.39 Å². The van der Waals surface area contributed by atoms with Crippen molar-refractivity contribution >= 4 is 39.0 Å². The van der Waals surface area contributed by atoms with Crippen LogP contribution in [0, 0.1) is 18.6 Å². The first-order valence-electron chi connectivity index (χ1n) is 13.3. The molecule has 0 radical (unpaired) electrons. The Morgan fingerprint density at radius 3 is 2.68 bits per heavy atom. The first-order valence-corrected chi connectivity index (χ1v) is 13.3. The number of rotatable bonds is 5. The van der Waals surface area contributed by atoms with Gasteiger partial charge in [0.1, 0.15) is 17.5 Å². The van der Waals surface area contributed by atoms with E-state index in [1.165, 1.54) is 6.07 Å². The second kappa shape index (κ2) is 10.2. The summed E-state index contributed by atoms with van der Waals surface area (Å²) in [5.74, 6) is -0.622. The topological polar surface area (TPSA) is 91.9 Å². The maximum Gasteiger partial charge on any atom is 0.137 e. The number of morpholine rings is 1. The highest BCUT2D eigenvalue weighted by Gasteiger charge is 2.21. The Balaban J connectivity index is 1.44. The second-order valence-corrected chi connectivity index (χ2v) is 9.94. The van der Waals surface area contributed by atoms with Crippen molar-refractivity contribution in [3.63, 3.8) is 0 Å². The van der Waals surface area contributed by atoms with Crippen LogP contribution in [0.4, 0.5) is 26.0 Å². The molecule has 1 saturated heterocycles. The molecule has 4 aromatic heterocycles. The third-order valence-corrected chi connectivity index (χ3v) is 7.39. The van der Waals surface area contributed by atoms with E-state index < -0.39 is 11.6 Å². The number of nitrogens with one attached hydrogen (secondary N) is 2. The van der Waals surface area contributed by atoms with E-state index in [2.05, 4.69) is 30.4 Å². The third-order valence-electron chi connectivity index (χ3n) is 7.39. The standard InChI is InChI=1S/C31H25F2N7O/c1-18-30(25-4-2-3-7-34-25)38-27-14-21(32)13-23(33)29(27)31(18)37-26-15-28(40-8-10-41-11-9-40)35-17-22(26)19-5-6-24-20(12-19)16-36-39-24/h2-7,12-17H,8-11H2,1H3,(H,36,39)(H,35,37,38). The predicted octanol–water partition coefficient (Wildman–Crippen LogP) is 6.40. The van der Waals surface area contributed by atoms with Crippen LogP contribution in [0.25, 0.3) is 44.3 Å². The van der Waals surface area contributed by atoms with E-state index in [4.69, 9.17) is 9.72 Å². The molecular formula is C31H25F2N7O. The van der Waals surface area contributed by atoms with Gasteiger partial charge >= 0.3 is 0 Å². The summed E-state index contributed by atoms with van der Waals surface area (Å²) >= 11 is 0. The van der Waals surface area contributed by atoms with Gasteiger partial charge in [-0.05, 0) is 36.8 Å². The molecule has 2 aromatic carbocycles. The van der Waals surface area contributed by atoms with Gasteiger partial charge in [0.05, 0.1) is 58.6 Å². The summed E-state index contributed by atoms with van der Waals surface area (Å²) < 4.78 is 35.4. The van der Waals surface area contributed by atoms with Crippen molar-refractivity contribution in [2.75, 3.05) is 36.5 Å². The molecule has 6 aromatic rings. The second-order valence-electron chi connectivity index (χ2n) is 9.94. The summed E-state index contributed by atoms with van der Waals surface area (Å²) in [6, 6.07) is 15.6. The molecule has 1 aliphatic rings. The molecular weight excluding hydrogens is 524 g/mol. The summed E-state index contributed by atoms with van der Waals surface area (Å²) in [7, 11) is 0. The highest BCUT2D eigenvalue weighted by Crippen LogP contribution is 2.40. The quantitative estimate of drug-likeness (QED) is 0.257. The van der Waals surface area contributed by atoms with Gasteiger partial charge < -0.3 is 15.0 Å². The van der Waals surface area contributed by atoms with E-state index in [-0.39, 0.29) is 10.9 Å². The molecule has 7 rings (SSSR count). The number of anilines is 3. The van der Waals surface area contributed by atoms with Gasteiger partial charge in [-0.25, -0.2) is 18.7 Å². The van der Waals surface area contributed by atoms with Crippen LogP contribution in [0.5, 0.6) is 0 Å². The minimum atomic E-state index is -0.700. The Bertz CT molecular complexity index is 1900. The number of ether oxygens (including phenoxy) is 1. The average molecular weight is 550 g/mol. The zero-order valence-corrected chi connectivity index (χ0v) is 22.2. The molecule has 0 unspecified atom stereocenters. The lowest BCUT2D eigenvalue weighted by Gasteiger charge is -2.28. The number of benzene rings is 2. The zero-order valence-electron chi connectivity index (χ0n) is 22.2. The smallest absolute Gasteiger partial charge is 0.137 e. The number of hydrogen-bond acceptors (Lipinski definition) is 7. The summed E-state index contributed by atoms with van der Waals surface area (Å²) in [4.78, 5) is 16.0. The van der Waals surface area contributed by atoms with Crippen LogP contribution >= 0.6 is 0 Å². The molecule has 8 nitrogen and oxygen atoms in total. The Kier molecular flexibility index (Phi) is 6.24. The van der Waals surface area contributed by atoms with Gasteiger partial charge in [0, 0.05) is 60.2 Å². The number of hydrogen-bond donors (Lipinski definition) is 2. The minimum Gasteiger partial charge on any atom is -0.378 e. The normalized spacial score (nSPS) is 13.7. The summed E-state index contributed by atoms with van der Waals surface area (Å²) in [5, 5.41) is 11.8. The molecule has 2 N–H and O–H groups in total. The molecule has 1 fully saturated rings. The van der Waals surface area contributed by atoms with Gasteiger partial charge in [0.2, 0.25) is 0 Å². The van der Waals surface area contributed by atoms with E-state index in [1.54, 1.807) is 12.4 Å². The molecule has 204 valence electrons. The van der Waals surface area contributed by atoms with Crippen LogP contribution in [-0.2, 0) is 4.74 Å². The number of H-pyrrole nitrogens is 1. The Labute approximate surface area is 234 Å². The number of aromatic amines is 1. The predicted molar refractivity (Wildman–Crippen MR) is 155 cm³/mol. The Hall–Kier alpha value is -4.96. The number of aromatic nitrogens is 5. The van der Waals surface area contributed by atoms with E-state index in [0.29, 0.717) is 48.9 Å². The molecule has 5 heterocycles. The van der Waals surface area contributed by atoms with Crippen molar-refractivity contribution in [1.82, 2.24) is 25.1 Å². The zero-order chi connectivity index (χ0) is 27.9. The molecule has 0 spiro atoms. The maximum absolute atomic E-state index is 15.5. The maximum atomic E-state index is 15.5. The molecule has 41 heavy (non-hydrogen) atoms. The molecule has 0 saturated carbocycles. The van der Waals surface area contributed by atoms with Crippen LogP contribution < -0.4 is 10.2 Å². The fourth-order valence-electron chi connectivity index (χ4n) is 5.30. The molecule has 1 aliphatic heterocycles. The van der Waals surface area contributed by atoms with Gasteiger partial charge in [-0.2, -0.15) is 5.10 Å². The van der Waals surface area contributed by atoms with E-state index in [1.807, 2.05) is 55.6 Å². The lowest BCUT2D eigenvalue weighted by molar-refractivity contribution is 0.122. The SMILES string of the molecule is Cc1c(-c2ccccn2)nc2cc(F)cc(F)c2c1Nc1cc(N2CCOCC2)ncc1-c1ccc2[nH]ncc2c1. The van der Waals surface area contributed by atoms with Crippen LogP contribution in [0.3, 0.4) is 0 Å². The number of pyridine rings is 3. The van der Waals surface area contributed by atoms with Gasteiger partial charge in [-0.3, -0.25) is 10.1 Å². The largest absolute Gasteiger partial charge is 0.378 e. The van der Waals surface area contributed by atoms with Crippen molar-refractivity contribution < 1.29 is 13.5 Å². The van der Waals surface area contributed by atoms with Crippen molar-refractivity contribution in [3.8, 4) is 22.5 Å². The van der Waals surface area contributed by atoms with Crippen molar-refractivity contribution in [1.29, 1.82) is 0 Å². The Morgan fingerprint density at radius 1 is 0.976 bits per heavy atom. The minimum absolute atomic E-state index is 0.195. The highest BCUT2D eigenvalue weighted by atomic mass is 19.1. The molecule has 0 amide bonds. The molecule has 10 heteroatoms. The number of halogens is 2. The van der Waals surface area contributed by atoms with Crippen molar-refractivity contribution in [2.45, 2.75) is 6.92 Å². The lowest BCUT2D eigenvalue weighted by atomic mass is 10.0. The summed E-state index contributed by atoms with van der Waals surface area (Å²) in [6.07, 6.45) is 5.26. The van der Waals surface area contributed by atoms with E-state index in [0.717, 1.165) is 39.6 Å². The first-order chi connectivity index (χ1) is 20.0. The van der Waals surface area contributed by atoms with E-state index in [9.17, 15) is 4.39 Å². The van der Waals surface area contributed by atoms with Gasteiger partial charge in [0.15, 0.2) is 0 Å². The summed E-state index contributed by atoms with van der Waals surface area (Å²) in [5.41, 5.74) is 5.87. The molecule has 0 atom stereocenters. The van der Waals surface area contributed by atoms with Crippen LogP contribution in [0.1, 0.15) is 5.56 Å². The fraction of sp³-hybridized carbons (Fsp3) is 0.161. The van der Waals surface area contributed by atoms with Gasteiger partial charge in [-0.15, -0.1) is 0 Å². The Morgan fingerprint density at radius 2 is 1.85 bits per heavy atom. The lowest BCUT2D eigenvalue weighted by Crippen LogP contribution is -2.36. The fourth-order valence-corrected chi connectivity index (χ4v) is 5.30. The van der Waals surface area contributed by atoms with Crippen molar-refractivity contribution in [3.05, 3.63) is 90.4 Å². The van der Waals surface area contributed by atoms with Gasteiger partial charge in [0.25, 0.3) is 0 Å². The number of fused-ring (bicyclic) bond motifs is 2. The van der Waals surface area contributed by atoms with Crippen molar-refractivity contribution in [2.24, 2.45) is 0 Å². The highest BCUT2D eigenvalue weighted by molar-refractivity contribution is 6.00. The molecule has 0 bridgehead atoms. The first kappa shape index (κ1) is 25.0. The van der Waals surface area contributed by atoms with Gasteiger partial charge in [-0.1, -0.05) is 12.1 Å².